The van der Waals surface area contributed by atoms with Crippen LogP contribution in [0.3, 0.4) is 0 Å². The highest BCUT2D eigenvalue weighted by atomic mass is 14.6. The average Bonchev–Trinajstić information content (AvgIpc) is 2.39. The van der Waals surface area contributed by atoms with E-state index >= 15 is 0 Å². The molecule has 0 unspecified atom stereocenters. The largest absolute Gasteiger partial charge is 0.330 e. The average molecular weight is 241 g/mol. The van der Waals surface area contributed by atoms with Crippen molar-refractivity contribution in [1.29, 1.82) is 0 Å². The standard InChI is InChI=1S/C17H23N/c1-4-9-15-10-7-8-11-16(15)17(14-18,12-5-2)13-6-3/h4-8,10-11H,1-3,9,12-14,18H2. The molecule has 0 amide bonds. The lowest BCUT2D eigenvalue weighted by atomic mass is 9.72. The quantitative estimate of drug-likeness (QED) is 0.689. The maximum atomic E-state index is 6.06. The second-order valence-corrected chi connectivity index (χ2v) is 4.62. The molecule has 1 nitrogen and oxygen atoms in total. The van der Waals surface area contributed by atoms with E-state index < -0.39 is 0 Å². The van der Waals surface area contributed by atoms with Crippen LogP contribution in [0.2, 0.25) is 0 Å². The fourth-order valence-corrected chi connectivity index (χ4v) is 2.50. The van der Waals surface area contributed by atoms with Crippen molar-refractivity contribution < 1.29 is 0 Å². The summed E-state index contributed by atoms with van der Waals surface area (Å²) in [5, 5.41) is 0. The monoisotopic (exact) mass is 241 g/mol. The van der Waals surface area contributed by atoms with Crippen molar-refractivity contribution in [2.45, 2.75) is 24.7 Å². The summed E-state index contributed by atoms with van der Waals surface area (Å²) < 4.78 is 0. The van der Waals surface area contributed by atoms with Gasteiger partial charge in [0.1, 0.15) is 0 Å². The summed E-state index contributed by atoms with van der Waals surface area (Å²) in [6.45, 7) is 12.2. The van der Waals surface area contributed by atoms with Crippen LogP contribution in [-0.4, -0.2) is 6.54 Å². The summed E-state index contributed by atoms with van der Waals surface area (Å²) in [6.07, 6.45) is 8.42. The highest BCUT2D eigenvalue weighted by molar-refractivity contribution is 5.37. The molecule has 0 aliphatic carbocycles. The third kappa shape index (κ3) is 2.99. The Hall–Kier alpha value is -1.60. The molecule has 0 fully saturated rings. The molecule has 0 aliphatic rings. The van der Waals surface area contributed by atoms with Crippen molar-refractivity contribution in [3.05, 3.63) is 73.4 Å². The minimum absolute atomic E-state index is 0.0803. The van der Waals surface area contributed by atoms with Crippen LogP contribution < -0.4 is 5.73 Å². The Bertz CT molecular complexity index is 407. The Morgan fingerprint density at radius 1 is 1.00 bits per heavy atom. The Balaban J connectivity index is 3.30. The highest BCUT2D eigenvalue weighted by Gasteiger charge is 2.29. The van der Waals surface area contributed by atoms with Crippen LogP contribution in [-0.2, 0) is 11.8 Å². The minimum atomic E-state index is -0.0803. The van der Waals surface area contributed by atoms with Crippen LogP contribution in [0.4, 0.5) is 0 Å². The van der Waals surface area contributed by atoms with Gasteiger partial charge in [-0.2, -0.15) is 0 Å². The van der Waals surface area contributed by atoms with Crippen LogP contribution in [0.5, 0.6) is 0 Å². The fraction of sp³-hybridized carbons (Fsp3) is 0.294. The number of rotatable bonds is 8. The lowest BCUT2D eigenvalue weighted by Gasteiger charge is -2.33. The second-order valence-electron chi connectivity index (χ2n) is 4.62. The van der Waals surface area contributed by atoms with E-state index in [0.29, 0.717) is 6.54 Å². The van der Waals surface area contributed by atoms with E-state index in [9.17, 15) is 0 Å². The zero-order valence-electron chi connectivity index (χ0n) is 11.1. The van der Waals surface area contributed by atoms with Crippen molar-refractivity contribution in [3.63, 3.8) is 0 Å². The van der Waals surface area contributed by atoms with Crippen molar-refractivity contribution in [2.75, 3.05) is 6.54 Å². The lowest BCUT2D eigenvalue weighted by Crippen LogP contribution is -2.35. The zero-order chi connectivity index (χ0) is 13.4. The minimum Gasteiger partial charge on any atom is -0.330 e. The lowest BCUT2D eigenvalue weighted by molar-refractivity contribution is 0.445. The molecule has 2 N–H and O–H groups in total. The Kier molecular flexibility index (Phi) is 5.60. The van der Waals surface area contributed by atoms with Crippen LogP contribution in [0.25, 0.3) is 0 Å². The van der Waals surface area contributed by atoms with Gasteiger partial charge in [-0.15, -0.1) is 19.7 Å². The van der Waals surface area contributed by atoms with Crippen LogP contribution >= 0.6 is 0 Å². The highest BCUT2D eigenvalue weighted by Crippen LogP contribution is 2.34. The first-order valence-corrected chi connectivity index (χ1v) is 6.35. The maximum Gasteiger partial charge on any atom is 0.0147 e. The molecule has 0 heterocycles. The molecular formula is C17H23N. The number of allylic oxidation sites excluding steroid dienone is 3. The van der Waals surface area contributed by atoms with E-state index in [0.717, 1.165) is 19.3 Å². The normalized spacial score (nSPS) is 10.9. The van der Waals surface area contributed by atoms with Crippen molar-refractivity contribution in [1.82, 2.24) is 0 Å². The summed E-state index contributed by atoms with van der Waals surface area (Å²) >= 11 is 0. The van der Waals surface area contributed by atoms with Crippen molar-refractivity contribution >= 4 is 0 Å². The maximum absolute atomic E-state index is 6.06. The third-order valence-corrected chi connectivity index (χ3v) is 3.41. The molecule has 0 aliphatic heterocycles. The molecule has 0 bridgehead atoms. The summed E-state index contributed by atoms with van der Waals surface area (Å²) in [4.78, 5) is 0. The fourth-order valence-electron chi connectivity index (χ4n) is 2.50. The van der Waals surface area contributed by atoms with Crippen LogP contribution in [0.1, 0.15) is 24.0 Å². The smallest absolute Gasteiger partial charge is 0.0147 e. The van der Waals surface area contributed by atoms with Gasteiger partial charge in [0.15, 0.2) is 0 Å². The molecule has 1 aromatic carbocycles. The van der Waals surface area contributed by atoms with E-state index in [1.54, 1.807) is 0 Å². The van der Waals surface area contributed by atoms with Crippen LogP contribution in [0, 0.1) is 0 Å². The zero-order valence-corrected chi connectivity index (χ0v) is 11.1. The molecule has 0 spiro atoms. The molecule has 18 heavy (non-hydrogen) atoms. The summed E-state index contributed by atoms with van der Waals surface area (Å²) in [5.74, 6) is 0. The van der Waals surface area contributed by atoms with E-state index in [4.69, 9.17) is 5.73 Å². The molecule has 0 atom stereocenters. The number of nitrogens with two attached hydrogens (primary N) is 1. The van der Waals surface area contributed by atoms with E-state index in [-0.39, 0.29) is 5.41 Å². The first-order valence-electron chi connectivity index (χ1n) is 6.35. The van der Waals surface area contributed by atoms with Gasteiger partial charge in [0.2, 0.25) is 0 Å². The molecule has 1 rings (SSSR count). The van der Waals surface area contributed by atoms with Crippen molar-refractivity contribution in [2.24, 2.45) is 5.73 Å². The van der Waals surface area contributed by atoms with E-state index in [2.05, 4.69) is 44.0 Å². The van der Waals surface area contributed by atoms with Gasteiger partial charge in [0, 0.05) is 12.0 Å². The molecule has 1 heteroatoms. The number of benzene rings is 1. The summed E-state index contributed by atoms with van der Waals surface area (Å²) in [5.41, 5.74) is 8.57. The number of hydrogen-bond acceptors (Lipinski definition) is 1. The molecule has 0 saturated carbocycles. The van der Waals surface area contributed by atoms with Crippen molar-refractivity contribution in [3.8, 4) is 0 Å². The van der Waals surface area contributed by atoms with Gasteiger partial charge in [-0.3, -0.25) is 0 Å². The predicted molar refractivity (Wildman–Crippen MR) is 80.7 cm³/mol. The molecule has 0 saturated heterocycles. The number of hydrogen-bond donors (Lipinski definition) is 1. The van der Waals surface area contributed by atoms with Gasteiger partial charge in [0.25, 0.3) is 0 Å². The third-order valence-electron chi connectivity index (χ3n) is 3.41. The Morgan fingerprint density at radius 3 is 2.11 bits per heavy atom. The molecule has 1 aromatic rings. The molecule has 0 radical (unpaired) electrons. The van der Waals surface area contributed by atoms with Gasteiger partial charge >= 0.3 is 0 Å². The first-order chi connectivity index (χ1) is 8.74. The molecule has 0 aromatic heterocycles. The summed E-state index contributed by atoms with van der Waals surface area (Å²) in [7, 11) is 0. The molecular weight excluding hydrogens is 218 g/mol. The SMILES string of the molecule is C=CCc1ccccc1C(CN)(CC=C)CC=C. The van der Waals surface area contributed by atoms with Gasteiger partial charge in [-0.05, 0) is 30.4 Å². The van der Waals surface area contributed by atoms with Gasteiger partial charge in [-0.25, -0.2) is 0 Å². The van der Waals surface area contributed by atoms with Gasteiger partial charge in [0.05, 0.1) is 0 Å². The van der Waals surface area contributed by atoms with Crippen LogP contribution in [0.15, 0.2) is 62.2 Å². The second kappa shape index (κ2) is 6.97. The first kappa shape index (κ1) is 14.5. The van der Waals surface area contributed by atoms with E-state index in [1.165, 1.54) is 11.1 Å². The van der Waals surface area contributed by atoms with Gasteiger partial charge in [-0.1, -0.05) is 42.5 Å². The predicted octanol–water partition coefficient (Wildman–Crippen LogP) is 3.76. The Morgan fingerprint density at radius 2 is 1.61 bits per heavy atom. The summed E-state index contributed by atoms with van der Waals surface area (Å²) in [6, 6.07) is 8.44. The Labute approximate surface area is 111 Å². The van der Waals surface area contributed by atoms with E-state index in [1.807, 2.05) is 18.2 Å². The topological polar surface area (TPSA) is 26.0 Å². The molecule has 96 valence electrons. The van der Waals surface area contributed by atoms with Gasteiger partial charge < -0.3 is 5.73 Å².